The van der Waals surface area contributed by atoms with E-state index in [1.54, 1.807) is 31.3 Å². The van der Waals surface area contributed by atoms with E-state index in [0.29, 0.717) is 5.69 Å². The fourth-order valence-electron chi connectivity index (χ4n) is 2.76. The predicted octanol–water partition coefficient (Wildman–Crippen LogP) is 3.80. The van der Waals surface area contributed by atoms with E-state index in [-0.39, 0.29) is 5.91 Å². The van der Waals surface area contributed by atoms with Gasteiger partial charge in [-0.25, -0.2) is 14.7 Å². The highest BCUT2D eigenvalue weighted by atomic mass is 32.1. The van der Waals surface area contributed by atoms with E-state index in [1.807, 2.05) is 42.5 Å². The summed E-state index contributed by atoms with van der Waals surface area (Å²) in [6.07, 6.45) is 0. The molecule has 0 spiro atoms. The van der Waals surface area contributed by atoms with E-state index < -0.39 is 11.6 Å². The largest absolute Gasteiger partial charge is 0.329 e. The smallest absolute Gasteiger partial charge is 0.323 e. The van der Waals surface area contributed by atoms with E-state index in [9.17, 15) is 9.59 Å². The number of carbonyl (C=O) groups excluding carboxylic acids is 2. The van der Waals surface area contributed by atoms with Gasteiger partial charge in [0.2, 0.25) is 0 Å². The molecule has 1 N–H and O–H groups in total. The van der Waals surface area contributed by atoms with Gasteiger partial charge in [-0.1, -0.05) is 24.3 Å². The Morgan fingerprint density at radius 2 is 1.88 bits per heavy atom. The maximum atomic E-state index is 12.5. The van der Waals surface area contributed by atoms with Crippen molar-refractivity contribution in [2.24, 2.45) is 0 Å². The standard InChI is InChI=1S/C18H15N3O2S/c1-18(2)16(22)21(17(23)20-18)12-7-5-6-11(10-12)15-19-13-8-3-4-9-14(13)24-15/h3-10H,1-2H3,(H,20,23). The molecule has 0 aliphatic carbocycles. The molecule has 0 atom stereocenters. The van der Waals surface area contributed by atoms with Crippen LogP contribution in [0.25, 0.3) is 20.8 Å². The lowest BCUT2D eigenvalue weighted by Gasteiger charge is -2.16. The first kappa shape index (κ1) is 14.8. The second-order valence-electron chi connectivity index (χ2n) is 6.23. The highest BCUT2D eigenvalue weighted by Crippen LogP contribution is 2.33. The van der Waals surface area contributed by atoms with Crippen LogP contribution in [0.4, 0.5) is 10.5 Å². The summed E-state index contributed by atoms with van der Waals surface area (Å²) >= 11 is 1.59. The van der Waals surface area contributed by atoms with Crippen molar-refractivity contribution in [3.05, 3.63) is 48.5 Å². The first-order chi connectivity index (χ1) is 11.5. The van der Waals surface area contributed by atoms with Crippen LogP contribution < -0.4 is 10.2 Å². The van der Waals surface area contributed by atoms with Crippen molar-refractivity contribution in [2.45, 2.75) is 19.4 Å². The molecule has 0 saturated carbocycles. The Hall–Kier alpha value is -2.73. The monoisotopic (exact) mass is 337 g/mol. The predicted molar refractivity (Wildman–Crippen MR) is 95.2 cm³/mol. The lowest BCUT2D eigenvalue weighted by atomic mass is 10.1. The van der Waals surface area contributed by atoms with Gasteiger partial charge in [0.15, 0.2) is 0 Å². The molecule has 4 rings (SSSR count). The molecule has 0 bridgehead atoms. The van der Waals surface area contributed by atoms with Gasteiger partial charge >= 0.3 is 6.03 Å². The molecule has 6 heteroatoms. The Labute approximate surface area is 142 Å². The quantitative estimate of drug-likeness (QED) is 0.724. The van der Waals surface area contributed by atoms with Crippen molar-refractivity contribution >= 4 is 39.2 Å². The van der Waals surface area contributed by atoms with Crippen molar-refractivity contribution in [3.8, 4) is 10.6 Å². The fraction of sp³-hybridized carbons (Fsp3) is 0.167. The zero-order chi connectivity index (χ0) is 16.9. The number of amides is 3. The van der Waals surface area contributed by atoms with Gasteiger partial charge in [0.1, 0.15) is 10.5 Å². The summed E-state index contributed by atoms with van der Waals surface area (Å²) < 4.78 is 1.11. The number of aromatic nitrogens is 1. The van der Waals surface area contributed by atoms with E-state index in [0.717, 1.165) is 20.8 Å². The van der Waals surface area contributed by atoms with Gasteiger partial charge < -0.3 is 5.32 Å². The molecule has 24 heavy (non-hydrogen) atoms. The molecule has 1 aromatic heterocycles. The van der Waals surface area contributed by atoms with Crippen LogP contribution >= 0.6 is 11.3 Å². The summed E-state index contributed by atoms with van der Waals surface area (Å²) in [4.78, 5) is 30.4. The zero-order valence-corrected chi connectivity index (χ0v) is 14.1. The van der Waals surface area contributed by atoms with E-state index in [4.69, 9.17) is 0 Å². The lowest BCUT2D eigenvalue weighted by molar-refractivity contribution is -0.120. The van der Waals surface area contributed by atoms with Gasteiger partial charge in [-0.05, 0) is 38.1 Å². The van der Waals surface area contributed by atoms with Gasteiger partial charge in [0, 0.05) is 5.56 Å². The summed E-state index contributed by atoms with van der Waals surface area (Å²) in [5, 5.41) is 3.56. The van der Waals surface area contributed by atoms with Gasteiger partial charge in [0.25, 0.3) is 5.91 Å². The Balaban J connectivity index is 1.77. The highest BCUT2D eigenvalue weighted by Gasteiger charge is 2.45. The Bertz CT molecular complexity index is 944. The molecule has 0 radical (unpaired) electrons. The Morgan fingerprint density at radius 3 is 2.58 bits per heavy atom. The minimum absolute atomic E-state index is 0.256. The summed E-state index contributed by atoms with van der Waals surface area (Å²) in [5.74, 6) is -0.256. The van der Waals surface area contributed by atoms with Crippen LogP contribution in [0.2, 0.25) is 0 Å². The molecule has 5 nitrogen and oxygen atoms in total. The third-order valence-electron chi connectivity index (χ3n) is 4.01. The Kier molecular flexibility index (Phi) is 3.18. The normalized spacial score (nSPS) is 16.7. The molecule has 3 aromatic rings. The number of imide groups is 1. The number of para-hydroxylation sites is 1. The van der Waals surface area contributed by atoms with Crippen LogP contribution in [0.1, 0.15) is 13.8 Å². The minimum atomic E-state index is -0.886. The third kappa shape index (κ3) is 2.27. The molecule has 1 aliphatic rings. The highest BCUT2D eigenvalue weighted by molar-refractivity contribution is 7.21. The molecular formula is C18H15N3O2S. The summed E-state index contributed by atoms with van der Waals surface area (Å²) in [7, 11) is 0. The van der Waals surface area contributed by atoms with Crippen LogP contribution in [0.5, 0.6) is 0 Å². The van der Waals surface area contributed by atoms with E-state index in [2.05, 4.69) is 10.3 Å². The van der Waals surface area contributed by atoms with Crippen molar-refractivity contribution in [1.29, 1.82) is 0 Å². The summed E-state index contributed by atoms with van der Waals surface area (Å²) in [5.41, 5.74) is 1.50. The SMILES string of the molecule is CC1(C)NC(=O)N(c2cccc(-c3nc4ccccc4s3)c2)C1=O. The molecule has 0 unspecified atom stereocenters. The average Bonchev–Trinajstić information content (AvgIpc) is 3.06. The van der Waals surface area contributed by atoms with Gasteiger partial charge in [0.05, 0.1) is 15.9 Å². The average molecular weight is 337 g/mol. The van der Waals surface area contributed by atoms with E-state index >= 15 is 0 Å². The molecule has 1 aliphatic heterocycles. The second kappa shape index (κ2) is 5.14. The number of carbonyl (C=O) groups is 2. The fourth-order valence-corrected chi connectivity index (χ4v) is 3.72. The third-order valence-corrected chi connectivity index (χ3v) is 5.09. The van der Waals surface area contributed by atoms with Gasteiger partial charge in [-0.2, -0.15) is 0 Å². The molecule has 1 fully saturated rings. The van der Waals surface area contributed by atoms with Crippen LogP contribution in [0.15, 0.2) is 48.5 Å². The van der Waals surface area contributed by atoms with Crippen LogP contribution in [0, 0.1) is 0 Å². The number of hydrogen-bond donors (Lipinski definition) is 1. The topological polar surface area (TPSA) is 62.3 Å². The van der Waals surface area contributed by atoms with Crippen LogP contribution in [-0.4, -0.2) is 22.5 Å². The number of hydrogen-bond acceptors (Lipinski definition) is 4. The lowest BCUT2D eigenvalue weighted by Crippen LogP contribution is -2.40. The maximum absolute atomic E-state index is 12.5. The summed E-state index contributed by atoms with van der Waals surface area (Å²) in [6, 6.07) is 14.9. The Morgan fingerprint density at radius 1 is 1.08 bits per heavy atom. The number of benzene rings is 2. The van der Waals surface area contributed by atoms with E-state index in [1.165, 1.54) is 4.90 Å². The minimum Gasteiger partial charge on any atom is -0.323 e. The number of nitrogens with one attached hydrogen (secondary N) is 1. The number of nitrogens with zero attached hydrogens (tertiary/aromatic N) is 2. The van der Waals surface area contributed by atoms with Gasteiger partial charge in [-0.15, -0.1) is 11.3 Å². The van der Waals surface area contributed by atoms with Gasteiger partial charge in [-0.3, -0.25) is 4.79 Å². The second-order valence-corrected chi connectivity index (χ2v) is 7.26. The van der Waals surface area contributed by atoms with Crippen LogP contribution in [-0.2, 0) is 4.79 Å². The molecule has 2 heterocycles. The van der Waals surface area contributed by atoms with Crippen molar-refractivity contribution in [2.75, 3.05) is 4.90 Å². The molecule has 1 saturated heterocycles. The van der Waals surface area contributed by atoms with Crippen LogP contribution in [0.3, 0.4) is 0 Å². The number of rotatable bonds is 2. The van der Waals surface area contributed by atoms with Crippen molar-refractivity contribution in [3.63, 3.8) is 0 Å². The number of urea groups is 1. The molecule has 2 aromatic carbocycles. The number of anilines is 1. The molecule has 120 valence electrons. The first-order valence-corrected chi connectivity index (χ1v) is 8.40. The maximum Gasteiger partial charge on any atom is 0.329 e. The number of fused-ring (bicyclic) bond motifs is 1. The zero-order valence-electron chi connectivity index (χ0n) is 13.2. The van der Waals surface area contributed by atoms with Crippen molar-refractivity contribution < 1.29 is 9.59 Å². The van der Waals surface area contributed by atoms with Crippen molar-refractivity contribution in [1.82, 2.24) is 10.3 Å². The molecular weight excluding hydrogens is 322 g/mol. The summed E-state index contributed by atoms with van der Waals surface area (Å²) in [6.45, 7) is 3.40. The molecule has 3 amide bonds. The number of thiazole rings is 1. The first-order valence-electron chi connectivity index (χ1n) is 7.58.